The molecular weight excluding hydrogens is 526 g/mol. The van der Waals surface area contributed by atoms with Crippen LogP contribution in [0.25, 0.3) is 0 Å². The highest BCUT2D eigenvalue weighted by Gasteiger charge is 2.34. The largest absolute Gasteiger partial charge is 0.497 e. The fourth-order valence-corrected chi connectivity index (χ4v) is 5.81. The zero-order valence-corrected chi connectivity index (χ0v) is 23.2. The number of carbonyl (C=O) groups is 2. The molecule has 3 aromatic rings. The Balaban J connectivity index is 2.07. The lowest BCUT2D eigenvalue weighted by molar-refractivity contribution is -0.140. The van der Waals surface area contributed by atoms with Gasteiger partial charge in [-0.3, -0.25) is 13.9 Å². The number of hydrogen-bond acceptors (Lipinski definition) is 5. The van der Waals surface area contributed by atoms with Gasteiger partial charge >= 0.3 is 0 Å². The molecular formula is C28H32ClN3O5S. The Hall–Kier alpha value is -3.56. The lowest BCUT2D eigenvalue weighted by Gasteiger charge is -2.33. The minimum Gasteiger partial charge on any atom is -0.497 e. The third-order valence-corrected chi connectivity index (χ3v) is 8.05. The number of rotatable bonds is 12. The lowest BCUT2D eigenvalue weighted by atomic mass is 10.1. The Kier molecular flexibility index (Phi) is 10.2. The number of likely N-dealkylation sites (N-methyl/N-ethyl adjacent to an activating group) is 1. The number of anilines is 1. The molecule has 8 nitrogen and oxygen atoms in total. The zero-order chi connectivity index (χ0) is 27.7. The van der Waals surface area contributed by atoms with Gasteiger partial charge in [-0.25, -0.2) is 8.42 Å². The van der Waals surface area contributed by atoms with Crippen LogP contribution >= 0.6 is 11.6 Å². The number of hydrogen-bond donors (Lipinski definition) is 1. The summed E-state index contributed by atoms with van der Waals surface area (Å²) >= 11 is 6.41. The average Bonchev–Trinajstić information content (AvgIpc) is 2.92. The summed E-state index contributed by atoms with van der Waals surface area (Å²) in [7, 11) is -2.63. The fourth-order valence-electron chi connectivity index (χ4n) is 4.07. The van der Waals surface area contributed by atoms with Crippen molar-refractivity contribution in [2.24, 2.45) is 0 Å². The highest BCUT2D eigenvalue weighted by Crippen LogP contribution is 2.31. The molecule has 0 aromatic heterocycles. The molecule has 0 radical (unpaired) electrons. The molecule has 3 aromatic carbocycles. The summed E-state index contributed by atoms with van der Waals surface area (Å²) in [6, 6.07) is 20.6. The van der Waals surface area contributed by atoms with E-state index in [9.17, 15) is 18.0 Å². The summed E-state index contributed by atoms with van der Waals surface area (Å²) in [6.45, 7) is 3.52. The van der Waals surface area contributed by atoms with Gasteiger partial charge in [-0.05, 0) is 55.3 Å². The Bertz CT molecular complexity index is 1350. The summed E-state index contributed by atoms with van der Waals surface area (Å²) in [6.07, 6.45) is 0.332. The van der Waals surface area contributed by atoms with Crippen molar-refractivity contribution in [3.63, 3.8) is 0 Å². The van der Waals surface area contributed by atoms with Crippen LogP contribution in [0.2, 0.25) is 5.02 Å². The molecule has 0 aliphatic heterocycles. The van der Waals surface area contributed by atoms with E-state index in [4.69, 9.17) is 16.3 Å². The Morgan fingerprint density at radius 2 is 1.66 bits per heavy atom. The van der Waals surface area contributed by atoms with Crippen molar-refractivity contribution >= 4 is 39.1 Å². The second-order valence-corrected chi connectivity index (χ2v) is 10.7. The van der Waals surface area contributed by atoms with Gasteiger partial charge in [0.05, 0.1) is 22.7 Å². The zero-order valence-electron chi connectivity index (χ0n) is 21.6. The van der Waals surface area contributed by atoms with E-state index in [0.717, 1.165) is 9.87 Å². The number of benzene rings is 3. The molecule has 0 spiro atoms. The number of ether oxygens (including phenoxy) is 1. The first-order valence-electron chi connectivity index (χ1n) is 12.2. The normalized spacial score (nSPS) is 11.9. The van der Waals surface area contributed by atoms with Crippen molar-refractivity contribution in [1.82, 2.24) is 10.2 Å². The minimum atomic E-state index is -4.17. The van der Waals surface area contributed by atoms with Crippen LogP contribution in [-0.2, 0) is 26.2 Å². The molecule has 1 atom stereocenters. The molecule has 0 saturated heterocycles. The van der Waals surface area contributed by atoms with Crippen LogP contribution < -0.4 is 14.4 Å². The predicted octanol–water partition coefficient (Wildman–Crippen LogP) is 4.49. The summed E-state index contributed by atoms with van der Waals surface area (Å²) in [5.74, 6) is -0.267. The van der Waals surface area contributed by atoms with Crippen LogP contribution in [0.15, 0.2) is 83.8 Å². The van der Waals surface area contributed by atoms with Crippen molar-refractivity contribution in [2.75, 3.05) is 24.5 Å². The topological polar surface area (TPSA) is 96.0 Å². The van der Waals surface area contributed by atoms with Crippen molar-refractivity contribution in [2.45, 2.75) is 37.8 Å². The van der Waals surface area contributed by atoms with Crippen molar-refractivity contribution in [1.29, 1.82) is 0 Å². The summed E-state index contributed by atoms with van der Waals surface area (Å²) in [5.41, 5.74) is 0.898. The summed E-state index contributed by atoms with van der Waals surface area (Å²) in [4.78, 5) is 28.4. The van der Waals surface area contributed by atoms with Crippen molar-refractivity contribution < 1.29 is 22.7 Å². The van der Waals surface area contributed by atoms with Gasteiger partial charge in [0.1, 0.15) is 18.3 Å². The molecule has 0 bridgehead atoms. The van der Waals surface area contributed by atoms with Crippen LogP contribution in [0.3, 0.4) is 0 Å². The number of nitrogens with one attached hydrogen (secondary N) is 1. The van der Waals surface area contributed by atoms with Crippen LogP contribution in [0.4, 0.5) is 5.69 Å². The maximum atomic E-state index is 13.9. The maximum Gasteiger partial charge on any atom is 0.264 e. The molecule has 0 aliphatic rings. The van der Waals surface area contributed by atoms with Crippen LogP contribution in [0.1, 0.15) is 25.8 Å². The molecule has 0 unspecified atom stereocenters. The molecule has 10 heteroatoms. The van der Waals surface area contributed by atoms with E-state index in [-0.39, 0.29) is 28.1 Å². The smallest absolute Gasteiger partial charge is 0.264 e. The molecule has 0 fully saturated rings. The second kappa shape index (κ2) is 13.3. The first-order valence-corrected chi connectivity index (χ1v) is 14.1. The van der Waals surface area contributed by atoms with Crippen molar-refractivity contribution in [3.8, 4) is 5.75 Å². The number of halogens is 1. The van der Waals surface area contributed by atoms with E-state index in [0.29, 0.717) is 18.7 Å². The van der Waals surface area contributed by atoms with Gasteiger partial charge in [0.2, 0.25) is 11.8 Å². The number of carbonyl (C=O) groups excluding carboxylic acids is 2. The van der Waals surface area contributed by atoms with Crippen LogP contribution in [-0.4, -0.2) is 51.4 Å². The minimum absolute atomic E-state index is 0.0165. The Morgan fingerprint density at radius 1 is 0.974 bits per heavy atom. The number of sulfonamides is 1. The van der Waals surface area contributed by atoms with Crippen molar-refractivity contribution in [3.05, 3.63) is 89.4 Å². The van der Waals surface area contributed by atoms with Crippen LogP contribution in [0, 0.1) is 0 Å². The van der Waals surface area contributed by atoms with Gasteiger partial charge in [-0.2, -0.15) is 0 Å². The van der Waals surface area contributed by atoms with E-state index < -0.39 is 28.5 Å². The highest BCUT2D eigenvalue weighted by molar-refractivity contribution is 7.92. The second-order valence-electron chi connectivity index (χ2n) is 8.47. The fraction of sp³-hybridized carbons (Fsp3) is 0.286. The van der Waals surface area contributed by atoms with Gasteiger partial charge in [-0.1, -0.05) is 61.0 Å². The van der Waals surface area contributed by atoms with Gasteiger partial charge < -0.3 is 15.0 Å². The van der Waals surface area contributed by atoms with E-state index in [1.54, 1.807) is 81.6 Å². The monoisotopic (exact) mass is 557 g/mol. The van der Waals surface area contributed by atoms with Gasteiger partial charge in [0, 0.05) is 13.1 Å². The number of amides is 2. The van der Waals surface area contributed by atoms with E-state index in [2.05, 4.69) is 5.32 Å². The number of para-hydroxylation sites is 1. The van der Waals surface area contributed by atoms with E-state index in [1.165, 1.54) is 17.0 Å². The third kappa shape index (κ3) is 6.85. The SMILES string of the molecule is CCNC(=O)[C@H](CC)N(Cc1cccc(OC)c1)C(=O)CN(c1ccccc1Cl)S(=O)(=O)c1ccccc1. The summed E-state index contributed by atoms with van der Waals surface area (Å²) in [5, 5.41) is 2.96. The van der Waals surface area contributed by atoms with E-state index in [1.807, 2.05) is 6.07 Å². The highest BCUT2D eigenvalue weighted by atomic mass is 35.5. The molecule has 2 amide bonds. The Labute approximate surface area is 229 Å². The Morgan fingerprint density at radius 3 is 2.29 bits per heavy atom. The molecule has 3 rings (SSSR count). The third-order valence-electron chi connectivity index (χ3n) is 5.96. The molecule has 0 saturated carbocycles. The average molecular weight is 558 g/mol. The van der Waals surface area contributed by atoms with E-state index >= 15 is 0 Å². The van der Waals surface area contributed by atoms with Crippen LogP contribution in [0.5, 0.6) is 5.75 Å². The number of methoxy groups -OCH3 is 1. The standard InChI is InChI=1S/C28H32ClN3O5S/c1-4-25(28(34)30-5-2)31(19-21-12-11-13-22(18-21)37-3)27(33)20-32(26-17-10-9-16-24(26)29)38(35,36)23-14-7-6-8-15-23/h6-18,25H,4-5,19-20H2,1-3H3,(H,30,34)/t25-/m0/s1. The van der Waals surface area contributed by atoms with Gasteiger partial charge in [0.25, 0.3) is 10.0 Å². The van der Waals surface area contributed by atoms with Gasteiger partial charge in [0.15, 0.2) is 0 Å². The summed E-state index contributed by atoms with van der Waals surface area (Å²) < 4.78 is 33.8. The maximum absolute atomic E-state index is 13.9. The lowest BCUT2D eigenvalue weighted by Crippen LogP contribution is -2.52. The molecule has 202 valence electrons. The predicted molar refractivity (Wildman–Crippen MR) is 149 cm³/mol. The molecule has 38 heavy (non-hydrogen) atoms. The van der Waals surface area contributed by atoms with Gasteiger partial charge in [-0.15, -0.1) is 0 Å². The molecule has 0 aliphatic carbocycles. The molecule has 0 heterocycles. The quantitative estimate of drug-likeness (QED) is 0.354. The number of nitrogens with zero attached hydrogens (tertiary/aromatic N) is 2. The first-order chi connectivity index (χ1) is 18.2. The first kappa shape index (κ1) is 29.0. The molecule has 1 N–H and O–H groups in total.